The van der Waals surface area contributed by atoms with Gasteiger partial charge in [0, 0.05) is 12.5 Å². The summed E-state index contributed by atoms with van der Waals surface area (Å²) in [4.78, 5) is 23.2. The van der Waals surface area contributed by atoms with E-state index in [-0.39, 0.29) is 17.9 Å². The second-order valence-corrected chi connectivity index (χ2v) is 5.17. The SMILES string of the molecule is CC(CCN)CCC(=O)NC(C)C(=O)NC(C)C. The first-order chi connectivity index (χ1) is 8.36. The molecule has 0 fully saturated rings. The zero-order valence-electron chi connectivity index (χ0n) is 12.0. The second-order valence-electron chi connectivity index (χ2n) is 5.17. The Kier molecular flexibility index (Phi) is 8.37. The van der Waals surface area contributed by atoms with E-state index in [1.807, 2.05) is 13.8 Å². The molecular formula is C13H27N3O2. The van der Waals surface area contributed by atoms with Crippen LogP contribution < -0.4 is 16.4 Å². The molecule has 2 unspecified atom stereocenters. The normalized spacial score (nSPS) is 14.1. The standard InChI is InChI=1S/C13H27N3O2/c1-9(2)15-13(18)11(4)16-12(17)6-5-10(3)7-8-14/h9-11H,5-8,14H2,1-4H3,(H,15,18)(H,16,17). The van der Waals surface area contributed by atoms with Crippen LogP contribution in [0.2, 0.25) is 0 Å². The fraction of sp³-hybridized carbons (Fsp3) is 0.846. The molecule has 5 heteroatoms. The number of nitrogens with two attached hydrogens (primary N) is 1. The van der Waals surface area contributed by atoms with Crippen LogP contribution in [-0.4, -0.2) is 30.4 Å². The Hall–Kier alpha value is -1.10. The molecule has 0 saturated heterocycles. The van der Waals surface area contributed by atoms with E-state index < -0.39 is 6.04 Å². The van der Waals surface area contributed by atoms with Gasteiger partial charge in [0.25, 0.3) is 0 Å². The predicted octanol–water partition coefficient (Wildman–Crippen LogP) is 0.781. The van der Waals surface area contributed by atoms with Gasteiger partial charge in [0.05, 0.1) is 0 Å². The summed E-state index contributed by atoms with van der Waals surface area (Å²) in [7, 11) is 0. The molecule has 0 rings (SSSR count). The number of hydrogen-bond donors (Lipinski definition) is 3. The van der Waals surface area contributed by atoms with Gasteiger partial charge < -0.3 is 16.4 Å². The molecule has 0 aromatic heterocycles. The smallest absolute Gasteiger partial charge is 0.242 e. The summed E-state index contributed by atoms with van der Waals surface area (Å²) in [5.74, 6) is 0.221. The molecule has 18 heavy (non-hydrogen) atoms. The summed E-state index contributed by atoms with van der Waals surface area (Å²) in [5, 5.41) is 5.46. The summed E-state index contributed by atoms with van der Waals surface area (Å²) in [5.41, 5.74) is 5.45. The third-order valence-electron chi connectivity index (χ3n) is 2.73. The minimum Gasteiger partial charge on any atom is -0.352 e. The Bertz CT molecular complexity index is 267. The number of hydrogen-bond acceptors (Lipinski definition) is 3. The molecular weight excluding hydrogens is 230 g/mol. The molecule has 0 heterocycles. The van der Waals surface area contributed by atoms with Crippen molar-refractivity contribution >= 4 is 11.8 Å². The largest absolute Gasteiger partial charge is 0.352 e. The molecule has 0 bridgehead atoms. The van der Waals surface area contributed by atoms with Gasteiger partial charge in [0.2, 0.25) is 11.8 Å². The Morgan fingerprint density at radius 3 is 2.17 bits per heavy atom. The molecule has 0 aromatic rings. The topological polar surface area (TPSA) is 84.2 Å². The van der Waals surface area contributed by atoms with E-state index >= 15 is 0 Å². The van der Waals surface area contributed by atoms with Gasteiger partial charge in [-0.2, -0.15) is 0 Å². The minimum absolute atomic E-state index is 0.0784. The molecule has 0 aliphatic carbocycles. The third-order valence-corrected chi connectivity index (χ3v) is 2.73. The number of carbonyl (C=O) groups is 2. The van der Waals surface area contributed by atoms with Crippen molar-refractivity contribution in [1.82, 2.24) is 10.6 Å². The van der Waals surface area contributed by atoms with Crippen LogP contribution in [0.5, 0.6) is 0 Å². The second kappa shape index (κ2) is 8.91. The van der Waals surface area contributed by atoms with Crippen molar-refractivity contribution in [3.63, 3.8) is 0 Å². The van der Waals surface area contributed by atoms with Gasteiger partial charge in [0.15, 0.2) is 0 Å². The maximum absolute atomic E-state index is 11.6. The van der Waals surface area contributed by atoms with E-state index in [4.69, 9.17) is 5.73 Å². The Labute approximate surface area is 110 Å². The van der Waals surface area contributed by atoms with Crippen molar-refractivity contribution < 1.29 is 9.59 Å². The summed E-state index contributed by atoms with van der Waals surface area (Å²) in [6.45, 7) is 8.20. The van der Waals surface area contributed by atoms with Crippen molar-refractivity contribution in [2.75, 3.05) is 6.54 Å². The van der Waals surface area contributed by atoms with Crippen molar-refractivity contribution in [2.45, 2.75) is 59.0 Å². The van der Waals surface area contributed by atoms with Gasteiger partial charge in [-0.05, 0) is 46.1 Å². The van der Waals surface area contributed by atoms with Crippen LogP contribution >= 0.6 is 0 Å². The maximum atomic E-state index is 11.6. The quantitative estimate of drug-likeness (QED) is 0.601. The highest BCUT2D eigenvalue weighted by Crippen LogP contribution is 2.08. The first-order valence-corrected chi connectivity index (χ1v) is 6.66. The Morgan fingerprint density at radius 2 is 1.67 bits per heavy atom. The average Bonchev–Trinajstić information content (AvgIpc) is 2.25. The van der Waals surface area contributed by atoms with Crippen LogP contribution in [0.1, 0.15) is 47.0 Å². The lowest BCUT2D eigenvalue weighted by atomic mass is 10.0. The van der Waals surface area contributed by atoms with Crippen LogP contribution in [0.4, 0.5) is 0 Å². The molecule has 0 saturated carbocycles. The van der Waals surface area contributed by atoms with Crippen LogP contribution in [0.25, 0.3) is 0 Å². The highest BCUT2D eigenvalue weighted by atomic mass is 16.2. The van der Waals surface area contributed by atoms with Gasteiger partial charge in [-0.3, -0.25) is 9.59 Å². The Morgan fingerprint density at radius 1 is 1.06 bits per heavy atom. The van der Waals surface area contributed by atoms with E-state index in [0.29, 0.717) is 18.9 Å². The maximum Gasteiger partial charge on any atom is 0.242 e. The molecule has 4 N–H and O–H groups in total. The van der Waals surface area contributed by atoms with Crippen molar-refractivity contribution in [3.8, 4) is 0 Å². The van der Waals surface area contributed by atoms with E-state index in [1.54, 1.807) is 6.92 Å². The monoisotopic (exact) mass is 257 g/mol. The zero-order chi connectivity index (χ0) is 14.1. The summed E-state index contributed by atoms with van der Waals surface area (Å²) < 4.78 is 0. The van der Waals surface area contributed by atoms with Gasteiger partial charge in [0.1, 0.15) is 6.04 Å². The van der Waals surface area contributed by atoms with E-state index in [9.17, 15) is 9.59 Å². The van der Waals surface area contributed by atoms with Crippen LogP contribution in [0.15, 0.2) is 0 Å². The number of nitrogens with one attached hydrogen (secondary N) is 2. The predicted molar refractivity (Wildman–Crippen MR) is 73.0 cm³/mol. The molecule has 2 amide bonds. The molecule has 5 nitrogen and oxygen atoms in total. The van der Waals surface area contributed by atoms with Crippen molar-refractivity contribution in [1.29, 1.82) is 0 Å². The van der Waals surface area contributed by atoms with Crippen LogP contribution in [-0.2, 0) is 9.59 Å². The molecule has 0 aromatic carbocycles. The third kappa shape index (κ3) is 8.06. The molecule has 0 radical (unpaired) electrons. The molecule has 0 spiro atoms. The summed E-state index contributed by atoms with van der Waals surface area (Å²) in [6.07, 6.45) is 2.18. The highest BCUT2D eigenvalue weighted by molar-refractivity contribution is 5.87. The molecule has 2 atom stereocenters. The molecule has 0 aliphatic heterocycles. The number of amides is 2. The van der Waals surface area contributed by atoms with E-state index in [2.05, 4.69) is 17.6 Å². The van der Waals surface area contributed by atoms with Crippen LogP contribution in [0, 0.1) is 5.92 Å². The zero-order valence-corrected chi connectivity index (χ0v) is 12.0. The summed E-state index contributed by atoms with van der Waals surface area (Å²) >= 11 is 0. The molecule has 106 valence electrons. The first-order valence-electron chi connectivity index (χ1n) is 6.66. The number of carbonyl (C=O) groups excluding carboxylic acids is 2. The van der Waals surface area contributed by atoms with Gasteiger partial charge in [-0.15, -0.1) is 0 Å². The average molecular weight is 257 g/mol. The lowest BCUT2D eigenvalue weighted by Gasteiger charge is -2.16. The fourth-order valence-corrected chi connectivity index (χ4v) is 1.60. The summed E-state index contributed by atoms with van der Waals surface area (Å²) in [6, 6.07) is -0.397. The fourth-order valence-electron chi connectivity index (χ4n) is 1.60. The molecule has 0 aliphatic rings. The van der Waals surface area contributed by atoms with E-state index in [1.165, 1.54) is 0 Å². The van der Waals surface area contributed by atoms with Gasteiger partial charge >= 0.3 is 0 Å². The van der Waals surface area contributed by atoms with E-state index in [0.717, 1.165) is 12.8 Å². The lowest BCUT2D eigenvalue weighted by Crippen LogP contribution is -2.46. The van der Waals surface area contributed by atoms with Crippen LogP contribution in [0.3, 0.4) is 0 Å². The highest BCUT2D eigenvalue weighted by Gasteiger charge is 2.16. The van der Waals surface area contributed by atoms with Crippen molar-refractivity contribution in [3.05, 3.63) is 0 Å². The lowest BCUT2D eigenvalue weighted by molar-refractivity contribution is -0.129. The first kappa shape index (κ1) is 16.9. The van der Waals surface area contributed by atoms with Crippen molar-refractivity contribution in [2.24, 2.45) is 11.7 Å². The Balaban J connectivity index is 3.90. The number of rotatable bonds is 8. The van der Waals surface area contributed by atoms with Gasteiger partial charge in [-0.25, -0.2) is 0 Å². The van der Waals surface area contributed by atoms with Gasteiger partial charge in [-0.1, -0.05) is 6.92 Å². The minimum atomic E-state index is -0.482.